The Morgan fingerprint density at radius 2 is 2.69 bits per heavy atom. The number of nitrogens with zero attached hydrogens (tertiary/aromatic N) is 2. The van der Waals surface area contributed by atoms with Crippen molar-refractivity contribution in [3.05, 3.63) is 18.0 Å². The van der Waals surface area contributed by atoms with Gasteiger partial charge < -0.3 is 10.1 Å². The fraction of sp³-hybridized carbons (Fsp3) is 0.667. The lowest BCUT2D eigenvalue weighted by Gasteiger charge is -2.09. The number of hydrogen-bond donors (Lipinski definition) is 1. The fourth-order valence-electron chi connectivity index (χ4n) is 1.52. The molecule has 1 saturated heterocycles. The van der Waals surface area contributed by atoms with Crippen molar-refractivity contribution < 1.29 is 4.74 Å². The van der Waals surface area contributed by atoms with Gasteiger partial charge in [0.05, 0.1) is 12.3 Å². The summed E-state index contributed by atoms with van der Waals surface area (Å²) in [6, 6.07) is 2.55. The van der Waals surface area contributed by atoms with Crippen LogP contribution >= 0.6 is 0 Å². The average molecular weight is 181 g/mol. The van der Waals surface area contributed by atoms with Gasteiger partial charge in [-0.3, -0.25) is 4.68 Å². The molecule has 1 atom stereocenters. The van der Waals surface area contributed by atoms with E-state index in [1.54, 1.807) is 0 Å². The van der Waals surface area contributed by atoms with Crippen LogP contribution < -0.4 is 5.32 Å². The lowest BCUT2D eigenvalue weighted by atomic mass is 10.2. The monoisotopic (exact) mass is 181 g/mol. The van der Waals surface area contributed by atoms with Crippen LogP contribution in [0.5, 0.6) is 0 Å². The van der Waals surface area contributed by atoms with Crippen molar-refractivity contribution in [2.45, 2.75) is 19.0 Å². The maximum Gasteiger partial charge on any atom is 0.0620 e. The van der Waals surface area contributed by atoms with Crippen LogP contribution in [-0.2, 0) is 18.3 Å². The molecule has 4 heteroatoms. The molecule has 0 aliphatic carbocycles. The highest BCUT2D eigenvalue weighted by Gasteiger charge is 2.14. The van der Waals surface area contributed by atoms with Gasteiger partial charge in [0.1, 0.15) is 0 Å². The predicted octanol–water partition coefficient (Wildman–Crippen LogP) is 0.299. The third-order valence-corrected chi connectivity index (χ3v) is 2.42. The number of hydrogen-bond acceptors (Lipinski definition) is 3. The molecule has 2 rings (SSSR count). The second-order valence-corrected chi connectivity index (χ2v) is 3.39. The number of aryl methyl sites for hydroxylation is 1. The molecule has 0 saturated carbocycles. The zero-order chi connectivity index (χ0) is 9.10. The summed E-state index contributed by atoms with van der Waals surface area (Å²) in [6.45, 7) is 2.62. The highest BCUT2D eigenvalue weighted by atomic mass is 16.5. The molecule has 0 radical (unpaired) electrons. The SMILES string of the molecule is Cn1nccc1CNC1CCOC1. The van der Waals surface area contributed by atoms with Crippen molar-refractivity contribution in [3.63, 3.8) is 0 Å². The second-order valence-electron chi connectivity index (χ2n) is 3.39. The Bertz CT molecular complexity index is 266. The summed E-state index contributed by atoms with van der Waals surface area (Å²) in [5.74, 6) is 0. The van der Waals surface area contributed by atoms with Crippen LogP contribution in [0.4, 0.5) is 0 Å². The maximum atomic E-state index is 5.27. The third kappa shape index (κ3) is 2.08. The number of ether oxygens (including phenoxy) is 1. The van der Waals surface area contributed by atoms with E-state index >= 15 is 0 Å². The van der Waals surface area contributed by atoms with Gasteiger partial charge in [0.15, 0.2) is 0 Å². The van der Waals surface area contributed by atoms with Crippen LogP contribution in [0.15, 0.2) is 12.3 Å². The van der Waals surface area contributed by atoms with Crippen LogP contribution in [0.2, 0.25) is 0 Å². The summed E-state index contributed by atoms with van der Waals surface area (Å²) in [5, 5.41) is 7.55. The van der Waals surface area contributed by atoms with E-state index in [1.165, 1.54) is 5.69 Å². The normalized spacial score (nSPS) is 22.4. The molecule has 1 aliphatic heterocycles. The quantitative estimate of drug-likeness (QED) is 0.729. The van der Waals surface area contributed by atoms with Crippen molar-refractivity contribution >= 4 is 0 Å². The van der Waals surface area contributed by atoms with Gasteiger partial charge in [-0.1, -0.05) is 0 Å². The molecule has 0 bridgehead atoms. The number of aromatic nitrogens is 2. The molecule has 1 fully saturated rings. The van der Waals surface area contributed by atoms with E-state index in [9.17, 15) is 0 Å². The molecule has 0 spiro atoms. The lowest BCUT2D eigenvalue weighted by Crippen LogP contribution is -2.29. The summed E-state index contributed by atoms with van der Waals surface area (Å²) < 4.78 is 7.16. The van der Waals surface area contributed by atoms with Crippen molar-refractivity contribution in [3.8, 4) is 0 Å². The topological polar surface area (TPSA) is 39.1 Å². The largest absolute Gasteiger partial charge is 0.380 e. The van der Waals surface area contributed by atoms with E-state index in [0.717, 1.165) is 26.2 Å². The molecule has 1 N–H and O–H groups in total. The van der Waals surface area contributed by atoms with Gasteiger partial charge in [-0.25, -0.2) is 0 Å². The first-order chi connectivity index (χ1) is 6.36. The molecule has 0 amide bonds. The van der Waals surface area contributed by atoms with Crippen LogP contribution in [0, 0.1) is 0 Å². The van der Waals surface area contributed by atoms with Crippen LogP contribution in [0.25, 0.3) is 0 Å². The molecule has 2 heterocycles. The van der Waals surface area contributed by atoms with Crippen LogP contribution in [0.1, 0.15) is 12.1 Å². The van der Waals surface area contributed by atoms with E-state index in [2.05, 4.69) is 10.4 Å². The van der Waals surface area contributed by atoms with Crippen molar-refractivity contribution in [2.75, 3.05) is 13.2 Å². The number of nitrogens with one attached hydrogen (secondary N) is 1. The maximum absolute atomic E-state index is 5.27. The molecular weight excluding hydrogens is 166 g/mol. The molecular formula is C9H15N3O. The Kier molecular flexibility index (Phi) is 2.61. The standard InChI is InChI=1S/C9H15N3O/c1-12-9(2-4-11-12)6-10-8-3-5-13-7-8/h2,4,8,10H,3,5-7H2,1H3. The molecule has 1 unspecified atom stereocenters. The first kappa shape index (κ1) is 8.72. The third-order valence-electron chi connectivity index (χ3n) is 2.42. The Morgan fingerprint density at radius 1 is 1.77 bits per heavy atom. The van der Waals surface area contributed by atoms with E-state index in [-0.39, 0.29) is 0 Å². The summed E-state index contributed by atoms with van der Waals surface area (Å²) >= 11 is 0. The first-order valence-corrected chi connectivity index (χ1v) is 4.64. The number of rotatable bonds is 3. The van der Waals surface area contributed by atoms with Crippen LogP contribution in [-0.4, -0.2) is 29.0 Å². The average Bonchev–Trinajstić information content (AvgIpc) is 2.72. The zero-order valence-corrected chi connectivity index (χ0v) is 7.86. The van der Waals surface area contributed by atoms with Crippen molar-refractivity contribution in [1.29, 1.82) is 0 Å². The van der Waals surface area contributed by atoms with Crippen LogP contribution in [0.3, 0.4) is 0 Å². The smallest absolute Gasteiger partial charge is 0.0620 e. The minimum Gasteiger partial charge on any atom is -0.380 e. The minimum absolute atomic E-state index is 0.523. The molecule has 1 aromatic rings. The van der Waals surface area contributed by atoms with Gasteiger partial charge in [-0.2, -0.15) is 5.10 Å². The summed E-state index contributed by atoms with van der Waals surface area (Å²) in [7, 11) is 1.96. The fourth-order valence-corrected chi connectivity index (χ4v) is 1.52. The van der Waals surface area contributed by atoms with Gasteiger partial charge >= 0.3 is 0 Å². The van der Waals surface area contributed by atoms with Crippen molar-refractivity contribution in [2.24, 2.45) is 7.05 Å². The second kappa shape index (κ2) is 3.89. The van der Waals surface area contributed by atoms with Gasteiger partial charge in [-0.05, 0) is 12.5 Å². The van der Waals surface area contributed by atoms with Gasteiger partial charge in [0.2, 0.25) is 0 Å². The van der Waals surface area contributed by atoms with Gasteiger partial charge in [0.25, 0.3) is 0 Å². The Morgan fingerprint density at radius 3 is 3.31 bits per heavy atom. The summed E-state index contributed by atoms with van der Waals surface area (Å²) in [5.41, 5.74) is 1.21. The highest BCUT2D eigenvalue weighted by Crippen LogP contribution is 2.04. The Balaban J connectivity index is 1.82. The molecule has 72 valence electrons. The minimum atomic E-state index is 0.523. The predicted molar refractivity (Wildman–Crippen MR) is 49.3 cm³/mol. The van der Waals surface area contributed by atoms with Gasteiger partial charge in [0, 0.05) is 32.4 Å². The molecule has 13 heavy (non-hydrogen) atoms. The zero-order valence-electron chi connectivity index (χ0n) is 7.86. The van der Waals surface area contributed by atoms with E-state index in [0.29, 0.717) is 6.04 Å². The Labute approximate surface area is 77.9 Å². The molecule has 1 aromatic heterocycles. The first-order valence-electron chi connectivity index (χ1n) is 4.64. The molecule has 4 nitrogen and oxygen atoms in total. The molecule has 0 aromatic carbocycles. The van der Waals surface area contributed by atoms with E-state index in [1.807, 2.05) is 24.0 Å². The van der Waals surface area contributed by atoms with E-state index in [4.69, 9.17) is 4.74 Å². The van der Waals surface area contributed by atoms with Gasteiger partial charge in [-0.15, -0.1) is 0 Å². The molecule has 1 aliphatic rings. The summed E-state index contributed by atoms with van der Waals surface area (Å²) in [4.78, 5) is 0. The highest BCUT2D eigenvalue weighted by molar-refractivity contribution is 4.99. The van der Waals surface area contributed by atoms with E-state index < -0.39 is 0 Å². The summed E-state index contributed by atoms with van der Waals surface area (Å²) in [6.07, 6.45) is 2.94. The Hall–Kier alpha value is -0.870. The van der Waals surface area contributed by atoms with Crippen molar-refractivity contribution in [1.82, 2.24) is 15.1 Å². The lowest BCUT2D eigenvalue weighted by molar-refractivity contribution is 0.189.